The summed E-state index contributed by atoms with van der Waals surface area (Å²) in [6.07, 6.45) is 6.68. The van der Waals surface area contributed by atoms with Gasteiger partial charge < -0.3 is 5.73 Å². The molecule has 0 aliphatic heterocycles. The highest BCUT2D eigenvalue weighted by Gasteiger charge is 2.01. The van der Waals surface area contributed by atoms with Crippen molar-refractivity contribution in [3.8, 4) is 5.69 Å². The number of nitrogen functional groups attached to an aromatic ring is 1. The Morgan fingerprint density at radius 3 is 2.62 bits per heavy atom. The molecule has 0 spiro atoms. The Labute approximate surface area is 75.2 Å². The van der Waals surface area contributed by atoms with E-state index in [2.05, 4.69) is 15.3 Å². The Bertz CT molecular complexity index is 420. The summed E-state index contributed by atoms with van der Waals surface area (Å²) in [7, 11) is 0. The van der Waals surface area contributed by atoms with Gasteiger partial charge in [-0.05, 0) is 12.5 Å². The maximum Gasteiger partial charge on any atom is 0.0893 e. The molecule has 2 rings (SSSR count). The molecule has 2 N–H and O–H groups in total. The van der Waals surface area contributed by atoms with Crippen LogP contribution in [0.3, 0.4) is 0 Å². The molecule has 0 atom stereocenters. The second kappa shape index (κ2) is 2.85. The molecule has 0 bridgehead atoms. The van der Waals surface area contributed by atoms with Crippen LogP contribution in [-0.4, -0.2) is 20.0 Å². The molecule has 0 saturated carbocycles. The monoisotopic (exact) mass is 175 g/mol. The lowest BCUT2D eigenvalue weighted by Crippen LogP contribution is -1.99. The van der Waals surface area contributed by atoms with Crippen LogP contribution in [0.2, 0.25) is 0 Å². The van der Waals surface area contributed by atoms with Gasteiger partial charge in [-0.3, -0.25) is 0 Å². The van der Waals surface area contributed by atoms with Crippen LogP contribution in [0.4, 0.5) is 5.69 Å². The quantitative estimate of drug-likeness (QED) is 0.687. The Morgan fingerprint density at radius 2 is 2.00 bits per heavy atom. The number of nitrogens with two attached hydrogens (primary N) is 1. The van der Waals surface area contributed by atoms with Crippen molar-refractivity contribution in [2.24, 2.45) is 0 Å². The van der Waals surface area contributed by atoms with Gasteiger partial charge in [0, 0.05) is 0 Å². The lowest BCUT2D eigenvalue weighted by molar-refractivity contribution is 0.848. The van der Waals surface area contributed by atoms with E-state index >= 15 is 0 Å². The molecule has 0 aliphatic rings. The molecule has 5 heteroatoms. The topological polar surface area (TPSA) is 69.6 Å². The van der Waals surface area contributed by atoms with Gasteiger partial charge in [0.25, 0.3) is 0 Å². The fourth-order valence-corrected chi connectivity index (χ4v) is 1.08. The number of aryl methyl sites for hydroxylation is 1. The molecule has 66 valence electrons. The molecule has 13 heavy (non-hydrogen) atoms. The Hall–Kier alpha value is -1.91. The van der Waals surface area contributed by atoms with E-state index in [4.69, 9.17) is 5.73 Å². The fraction of sp³-hybridized carbons (Fsp3) is 0.125. The van der Waals surface area contributed by atoms with Gasteiger partial charge in [0.1, 0.15) is 0 Å². The first-order chi connectivity index (χ1) is 6.27. The van der Waals surface area contributed by atoms with E-state index in [0.29, 0.717) is 5.69 Å². The average Bonchev–Trinajstić information content (AvgIpc) is 2.53. The molecule has 0 amide bonds. The van der Waals surface area contributed by atoms with Gasteiger partial charge in [-0.15, -0.1) is 0 Å². The third-order valence-electron chi connectivity index (χ3n) is 1.75. The number of rotatable bonds is 1. The Balaban J connectivity index is 2.52. The molecule has 0 aromatic carbocycles. The highest BCUT2D eigenvalue weighted by Crippen LogP contribution is 2.10. The summed E-state index contributed by atoms with van der Waals surface area (Å²) in [5.74, 6) is 0. The van der Waals surface area contributed by atoms with Crippen LogP contribution in [0.1, 0.15) is 5.56 Å². The molecule has 0 unspecified atom stereocenters. The first-order valence-electron chi connectivity index (χ1n) is 3.85. The molecule has 0 fully saturated rings. The van der Waals surface area contributed by atoms with Crippen molar-refractivity contribution in [3.63, 3.8) is 0 Å². The van der Waals surface area contributed by atoms with E-state index < -0.39 is 0 Å². The summed E-state index contributed by atoms with van der Waals surface area (Å²) in [6.45, 7) is 1.95. The summed E-state index contributed by atoms with van der Waals surface area (Å²) in [4.78, 5) is 0. The number of nitrogens with zero attached hydrogens (tertiary/aromatic N) is 4. The average molecular weight is 175 g/mol. The van der Waals surface area contributed by atoms with Gasteiger partial charge in [-0.2, -0.15) is 15.3 Å². The lowest BCUT2D eigenvalue weighted by Gasteiger charge is -2.02. The summed E-state index contributed by atoms with van der Waals surface area (Å²) < 4.78 is 1.68. The molecule has 5 nitrogen and oxygen atoms in total. The van der Waals surface area contributed by atoms with Crippen LogP contribution in [-0.2, 0) is 0 Å². The van der Waals surface area contributed by atoms with Crippen LogP contribution >= 0.6 is 0 Å². The minimum Gasteiger partial charge on any atom is -0.396 e. The fourth-order valence-electron chi connectivity index (χ4n) is 1.08. The largest absolute Gasteiger partial charge is 0.396 e. The number of aromatic nitrogens is 4. The van der Waals surface area contributed by atoms with Crippen molar-refractivity contribution >= 4 is 5.69 Å². The van der Waals surface area contributed by atoms with Crippen LogP contribution in [0.25, 0.3) is 5.69 Å². The maximum atomic E-state index is 5.55. The second-order valence-electron chi connectivity index (χ2n) is 2.78. The molecule has 0 saturated heterocycles. The zero-order valence-electron chi connectivity index (χ0n) is 7.18. The molecule has 0 aliphatic carbocycles. The standard InChI is InChI=1S/C8H9N5/c1-6-2-10-11-4-8(6)13-5-7(9)3-12-13/h2-5H,9H2,1H3. The molecular formula is C8H9N5. The van der Waals surface area contributed by atoms with Crippen molar-refractivity contribution < 1.29 is 0 Å². The SMILES string of the molecule is Cc1cnncc1-n1cc(N)cn1. The van der Waals surface area contributed by atoms with Gasteiger partial charge in [-0.25, -0.2) is 4.68 Å². The summed E-state index contributed by atoms with van der Waals surface area (Å²) in [5, 5.41) is 11.6. The minimum absolute atomic E-state index is 0.635. The van der Waals surface area contributed by atoms with E-state index in [1.54, 1.807) is 29.5 Å². The first-order valence-corrected chi connectivity index (χ1v) is 3.85. The molecule has 2 aromatic rings. The highest BCUT2D eigenvalue weighted by molar-refractivity contribution is 5.39. The number of hydrogen-bond donors (Lipinski definition) is 1. The van der Waals surface area contributed by atoms with Crippen molar-refractivity contribution in [1.29, 1.82) is 0 Å². The molecule has 2 heterocycles. The smallest absolute Gasteiger partial charge is 0.0893 e. The normalized spacial score (nSPS) is 10.2. The molecular weight excluding hydrogens is 166 g/mol. The van der Waals surface area contributed by atoms with Crippen LogP contribution in [0.5, 0.6) is 0 Å². The summed E-state index contributed by atoms with van der Waals surface area (Å²) in [5.41, 5.74) is 8.09. The third kappa shape index (κ3) is 1.35. The lowest BCUT2D eigenvalue weighted by atomic mass is 10.3. The van der Waals surface area contributed by atoms with E-state index in [1.165, 1.54) is 0 Å². The predicted octanol–water partition coefficient (Wildman–Crippen LogP) is 0.553. The summed E-state index contributed by atoms with van der Waals surface area (Å²) in [6, 6.07) is 0. The third-order valence-corrected chi connectivity index (χ3v) is 1.75. The number of hydrogen-bond acceptors (Lipinski definition) is 4. The first kappa shape index (κ1) is 7.72. The van der Waals surface area contributed by atoms with Gasteiger partial charge in [-0.1, -0.05) is 0 Å². The zero-order chi connectivity index (χ0) is 9.26. The number of anilines is 1. The minimum atomic E-state index is 0.635. The van der Waals surface area contributed by atoms with Gasteiger partial charge in [0.05, 0.1) is 36.2 Å². The predicted molar refractivity (Wildman–Crippen MR) is 48.3 cm³/mol. The van der Waals surface area contributed by atoms with Gasteiger partial charge in [0.15, 0.2) is 0 Å². The summed E-state index contributed by atoms with van der Waals surface area (Å²) >= 11 is 0. The van der Waals surface area contributed by atoms with E-state index in [-0.39, 0.29) is 0 Å². The van der Waals surface area contributed by atoms with Crippen LogP contribution in [0, 0.1) is 6.92 Å². The Kier molecular flexibility index (Phi) is 1.70. The van der Waals surface area contributed by atoms with Crippen LogP contribution < -0.4 is 5.73 Å². The highest BCUT2D eigenvalue weighted by atomic mass is 15.3. The van der Waals surface area contributed by atoms with Crippen molar-refractivity contribution in [1.82, 2.24) is 20.0 Å². The van der Waals surface area contributed by atoms with Crippen LogP contribution in [0.15, 0.2) is 24.8 Å². The zero-order valence-corrected chi connectivity index (χ0v) is 7.18. The van der Waals surface area contributed by atoms with Gasteiger partial charge >= 0.3 is 0 Å². The van der Waals surface area contributed by atoms with E-state index in [0.717, 1.165) is 11.3 Å². The molecule has 0 radical (unpaired) electrons. The van der Waals surface area contributed by atoms with E-state index in [9.17, 15) is 0 Å². The second-order valence-corrected chi connectivity index (χ2v) is 2.78. The van der Waals surface area contributed by atoms with E-state index in [1.807, 2.05) is 6.92 Å². The Morgan fingerprint density at radius 1 is 1.23 bits per heavy atom. The molecule has 2 aromatic heterocycles. The van der Waals surface area contributed by atoms with Crippen molar-refractivity contribution in [3.05, 3.63) is 30.4 Å². The van der Waals surface area contributed by atoms with Crippen molar-refractivity contribution in [2.75, 3.05) is 5.73 Å². The van der Waals surface area contributed by atoms with Crippen molar-refractivity contribution in [2.45, 2.75) is 6.92 Å². The maximum absolute atomic E-state index is 5.55. The van der Waals surface area contributed by atoms with Gasteiger partial charge in [0.2, 0.25) is 0 Å².